The topological polar surface area (TPSA) is 75.6 Å². The standard InChI is InChI=1S/C18H27NO4/c1-10(19-16(20)14-2-3-15(23-14)17(21)22)18-7-11-4-12(8-18)6-13(5-11)9-18/h10-15H,2-9H2,1H3,(H,19,20)(H,21,22)/t10?,11?,12?,13?,14-,15+,18?/m0/s1. The van der Waals surface area contributed by atoms with Gasteiger partial charge in [0.2, 0.25) is 5.91 Å². The summed E-state index contributed by atoms with van der Waals surface area (Å²) in [7, 11) is 0. The molecule has 4 aliphatic carbocycles. The van der Waals surface area contributed by atoms with Crippen LogP contribution >= 0.6 is 0 Å². The van der Waals surface area contributed by atoms with Crippen LogP contribution in [-0.2, 0) is 14.3 Å². The van der Waals surface area contributed by atoms with Gasteiger partial charge >= 0.3 is 5.97 Å². The largest absolute Gasteiger partial charge is 0.479 e. The smallest absolute Gasteiger partial charge is 0.332 e. The molecule has 23 heavy (non-hydrogen) atoms. The molecule has 0 aromatic carbocycles. The van der Waals surface area contributed by atoms with Gasteiger partial charge in [-0.05, 0) is 81.5 Å². The number of amides is 1. The van der Waals surface area contributed by atoms with Gasteiger partial charge in [0.1, 0.15) is 6.10 Å². The molecule has 1 aliphatic heterocycles. The molecule has 4 bridgehead atoms. The van der Waals surface area contributed by atoms with E-state index in [-0.39, 0.29) is 17.4 Å². The zero-order valence-corrected chi connectivity index (χ0v) is 13.8. The molecular formula is C18H27NO4. The average Bonchev–Trinajstić information content (AvgIpc) is 2.95. The Bertz CT molecular complexity index is 482. The molecule has 0 aromatic rings. The first kappa shape index (κ1) is 15.4. The van der Waals surface area contributed by atoms with Gasteiger partial charge < -0.3 is 15.2 Å². The van der Waals surface area contributed by atoms with Crippen molar-refractivity contribution in [1.82, 2.24) is 5.32 Å². The Kier molecular flexibility index (Phi) is 3.67. The molecule has 0 spiro atoms. The first-order chi connectivity index (χ1) is 10.9. The second-order valence-corrected chi connectivity index (χ2v) is 8.54. The third-order valence-corrected chi connectivity index (χ3v) is 6.95. The highest BCUT2D eigenvalue weighted by atomic mass is 16.5. The Hall–Kier alpha value is -1.10. The fourth-order valence-corrected chi connectivity index (χ4v) is 6.18. The van der Waals surface area contributed by atoms with Gasteiger partial charge in [-0.15, -0.1) is 0 Å². The molecule has 5 aliphatic rings. The zero-order valence-electron chi connectivity index (χ0n) is 13.8. The van der Waals surface area contributed by atoms with Crippen molar-refractivity contribution in [3.8, 4) is 0 Å². The van der Waals surface area contributed by atoms with E-state index in [0.29, 0.717) is 12.8 Å². The lowest BCUT2D eigenvalue weighted by Gasteiger charge is -2.59. The van der Waals surface area contributed by atoms with E-state index in [2.05, 4.69) is 12.2 Å². The summed E-state index contributed by atoms with van der Waals surface area (Å²) in [6.45, 7) is 2.15. The first-order valence-electron chi connectivity index (χ1n) is 9.14. The highest BCUT2D eigenvalue weighted by Gasteiger charge is 2.53. The summed E-state index contributed by atoms with van der Waals surface area (Å²) in [5.74, 6) is 1.51. The molecule has 1 saturated heterocycles. The lowest BCUT2D eigenvalue weighted by Crippen LogP contribution is -2.57. The summed E-state index contributed by atoms with van der Waals surface area (Å²) in [6, 6.07) is 0.163. The van der Waals surface area contributed by atoms with Crippen LogP contribution in [0.15, 0.2) is 0 Å². The number of rotatable bonds is 4. The molecule has 0 aromatic heterocycles. The second kappa shape index (κ2) is 5.47. The number of carboxylic acids is 1. The number of nitrogens with one attached hydrogen (secondary N) is 1. The van der Waals surface area contributed by atoms with E-state index in [4.69, 9.17) is 9.84 Å². The van der Waals surface area contributed by atoms with Crippen LogP contribution in [0.4, 0.5) is 0 Å². The van der Waals surface area contributed by atoms with Crippen LogP contribution in [0.2, 0.25) is 0 Å². The molecule has 5 heteroatoms. The molecule has 5 nitrogen and oxygen atoms in total. The summed E-state index contributed by atoms with van der Waals surface area (Å²) in [5.41, 5.74) is 0.273. The van der Waals surface area contributed by atoms with Crippen LogP contribution in [0.1, 0.15) is 58.3 Å². The molecule has 1 unspecified atom stereocenters. The maximum absolute atomic E-state index is 12.5. The van der Waals surface area contributed by atoms with Crippen LogP contribution in [0.5, 0.6) is 0 Å². The third-order valence-electron chi connectivity index (χ3n) is 6.95. The zero-order chi connectivity index (χ0) is 16.2. The van der Waals surface area contributed by atoms with E-state index >= 15 is 0 Å². The van der Waals surface area contributed by atoms with Crippen LogP contribution in [0.25, 0.3) is 0 Å². The number of carbonyl (C=O) groups excluding carboxylic acids is 1. The molecule has 1 amide bonds. The Morgan fingerprint density at radius 2 is 1.57 bits per heavy atom. The fraction of sp³-hybridized carbons (Fsp3) is 0.889. The van der Waals surface area contributed by atoms with Gasteiger partial charge in [-0.2, -0.15) is 0 Å². The van der Waals surface area contributed by atoms with Gasteiger partial charge in [-0.25, -0.2) is 4.79 Å². The van der Waals surface area contributed by atoms with Crippen molar-refractivity contribution < 1.29 is 19.4 Å². The van der Waals surface area contributed by atoms with Gasteiger partial charge in [0.25, 0.3) is 0 Å². The molecule has 2 N–H and O–H groups in total. The van der Waals surface area contributed by atoms with E-state index in [9.17, 15) is 9.59 Å². The minimum absolute atomic E-state index is 0.114. The van der Waals surface area contributed by atoms with E-state index in [1.54, 1.807) is 0 Å². The van der Waals surface area contributed by atoms with Crippen LogP contribution in [-0.4, -0.2) is 35.2 Å². The number of hydrogen-bond acceptors (Lipinski definition) is 3. The van der Waals surface area contributed by atoms with E-state index in [0.717, 1.165) is 17.8 Å². The lowest BCUT2D eigenvalue weighted by molar-refractivity contribution is -0.152. The molecule has 5 rings (SSSR count). The lowest BCUT2D eigenvalue weighted by atomic mass is 9.48. The highest BCUT2D eigenvalue weighted by Crippen LogP contribution is 2.61. The molecule has 5 fully saturated rings. The molecule has 128 valence electrons. The average molecular weight is 321 g/mol. The van der Waals surface area contributed by atoms with E-state index in [1.807, 2.05) is 0 Å². The van der Waals surface area contributed by atoms with Gasteiger partial charge in [-0.3, -0.25) is 4.79 Å². The van der Waals surface area contributed by atoms with Crippen molar-refractivity contribution in [3.63, 3.8) is 0 Å². The number of hydrogen-bond donors (Lipinski definition) is 2. The monoisotopic (exact) mass is 321 g/mol. The maximum atomic E-state index is 12.5. The molecule has 0 radical (unpaired) electrons. The van der Waals surface area contributed by atoms with Gasteiger partial charge in [0.15, 0.2) is 6.10 Å². The summed E-state index contributed by atoms with van der Waals surface area (Å²) in [6.07, 6.45) is 7.48. The summed E-state index contributed by atoms with van der Waals surface area (Å²) in [5, 5.41) is 12.2. The summed E-state index contributed by atoms with van der Waals surface area (Å²) < 4.78 is 5.39. The van der Waals surface area contributed by atoms with Crippen molar-refractivity contribution in [2.24, 2.45) is 23.2 Å². The van der Waals surface area contributed by atoms with Gasteiger partial charge in [0, 0.05) is 6.04 Å². The summed E-state index contributed by atoms with van der Waals surface area (Å²) >= 11 is 0. The first-order valence-corrected chi connectivity index (χ1v) is 9.14. The Morgan fingerprint density at radius 1 is 1.04 bits per heavy atom. The van der Waals surface area contributed by atoms with Crippen molar-refractivity contribution in [1.29, 1.82) is 0 Å². The van der Waals surface area contributed by atoms with Crippen molar-refractivity contribution in [2.45, 2.75) is 76.5 Å². The minimum atomic E-state index is -0.963. The van der Waals surface area contributed by atoms with Crippen molar-refractivity contribution in [3.05, 3.63) is 0 Å². The van der Waals surface area contributed by atoms with Gasteiger partial charge in [-0.1, -0.05) is 0 Å². The Labute approximate surface area is 137 Å². The van der Waals surface area contributed by atoms with Crippen LogP contribution < -0.4 is 5.32 Å². The number of carboxylic acid groups (broad SMARTS) is 1. The molecule has 1 heterocycles. The van der Waals surface area contributed by atoms with Crippen LogP contribution in [0, 0.1) is 23.2 Å². The predicted molar refractivity (Wildman–Crippen MR) is 83.7 cm³/mol. The number of aliphatic carboxylic acids is 1. The normalized spacial score (nSPS) is 45.9. The SMILES string of the molecule is CC(NC(=O)[C@@H]1CC[C@H](C(=O)O)O1)C12CC3CC(CC(C3)C1)C2. The van der Waals surface area contributed by atoms with E-state index < -0.39 is 18.2 Å². The highest BCUT2D eigenvalue weighted by molar-refractivity contribution is 5.82. The van der Waals surface area contributed by atoms with Gasteiger partial charge in [0.05, 0.1) is 0 Å². The van der Waals surface area contributed by atoms with Crippen LogP contribution in [0.3, 0.4) is 0 Å². The number of ether oxygens (including phenoxy) is 1. The third kappa shape index (κ3) is 2.67. The predicted octanol–water partition coefficient (Wildman–Crippen LogP) is 2.34. The number of carbonyl (C=O) groups is 2. The maximum Gasteiger partial charge on any atom is 0.332 e. The quantitative estimate of drug-likeness (QED) is 0.833. The van der Waals surface area contributed by atoms with Crippen molar-refractivity contribution >= 4 is 11.9 Å². The second-order valence-electron chi connectivity index (χ2n) is 8.54. The van der Waals surface area contributed by atoms with Crippen molar-refractivity contribution in [2.75, 3.05) is 0 Å². The van der Waals surface area contributed by atoms with E-state index in [1.165, 1.54) is 38.5 Å². The molecular weight excluding hydrogens is 294 g/mol. The molecule has 4 saturated carbocycles. The minimum Gasteiger partial charge on any atom is -0.479 e. The fourth-order valence-electron chi connectivity index (χ4n) is 6.18. The molecule has 3 atom stereocenters. The Balaban J connectivity index is 1.39. The summed E-state index contributed by atoms with van der Waals surface area (Å²) in [4.78, 5) is 23.5. The Morgan fingerprint density at radius 3 is 2.04 bits per heavy atom.